The summed E-state index contributed by atoms with van der Waals surface area (Å²) in [7, 11) is 0. The summed E-state index contributed by atoms with van der Waals surface area (Å²) < 4.78 is 6.82. The van der Waals surface area contributed by atoms with Crippen LogP contribution in [-0.4, -0.2) is 26.9 Å². The molecule has 1 fully saturated rings. The molecule has 1 aliphatic heterocycles. The van der Waals surface area contributed by atoms with E-state index in [0.717, 1.165) is 36.2 Å². The first-order valence-electron chi connectivity index (χ1n) is 8.94. The second-order valence-electron chi connectivity index (χ2n) is 6.74. The average Bonchev–Trinajstić information content (AvgIpc) is 3.25. The van der Waals surface area contributed by atoms with E-state index in [2.05, 4.69) is 4.98 Å². The highest BCUT2D eigenvalue weighted by Crippen LogP contribution is 2.31. The minimum absolute atomic E-state index is 0.0313. The third-order valence-corrected chi connectivity index (χ3v) is 4.97. The van der Waals surface area contributed by atoms with E-state index in [0.29, 0.717) is 12.1 Å². The lowest BCUT2D eigenvalue weighted by atomic mass is 10.1. The van der Waals surface area contributed by atoms with Crippen LogP contribution in [0.3, 0.4) is 0 Å². The van der Waals surface area contributed by atoms with E-state index < -0.39 is 5.76 Å². The van der Waals surface area contributed by atoms with Crippen LogP contribution in [0.15, 0.2) is 51.8 Å². The van der Waals surface area contributed by atoms with Gasteiger partial charge >= 0.3 is 5.76 Å². The lowest BCUT2D eigenvalue weighted by molar-refractivity contribution is -0.132. The van der Waals surface area contributed by atoms with Crippen LogP contribution in [0.2, 0.25) is 0 Å². The number of hydrogen-bond donors (Lipinski definition) is 0. The van der Waals surface area contributed by atoms with Crippen LogP contribution < -0.4 is 5.76 Å². The van der Waals surface area contributed by atoms with E-state index in [9.17, 15) is 9.59 Å². The van der Waals surface area contributed by atoms with Crippen LogP contribution in [0.1, 0.15) is 36.6 Å². The Hall–Kier alpha value is -2.89. The molecule has 4 rings (SSSR count). The normalized spacial score (nSPS) is 17.1. The maximum Gasteiger partial charge on any atom is 0.419 e. The number of carbonyl (C=O) groups excluding carboxylic acids is 1. The number of oxazole rings is 1. The predicted octanol–water partition coefficient (Wildman–Crippen LogP) is 3.05. The van der Waals surface area contributed by atoms with Gasteiger partial charge in [-0.2, -0.15) is 0 Å². The minimum Gasteiger partial charge on any atom is -0.408 e. The second-order valence-corrected chi connectivity index (χ2v) is 6.74. The van der Waals surface area contributed by atoms with Gasteiger partial charge in [-0.1, -0.05) is 12.1 Å². The number of benzene rings is 1. The Kier molecular flexibility index (Phi) is 4.32. The van der Waals surface area contributed by atoms with Gasteiger partial charge in [-0.25, -0.2) is 4.79 Å². The molecule has 0 spiro atoms. The van der Waals surface area contributed by atoms with Gasteiger partial charge in [0.15, 0.2) is 5.58 Å². The van der Waals surface area contributed by atoms with Crippen molar-refractivity contribution < 1.29 is 9.21 Å². The molecule has 6 heteroatoms. The van der Waals surface area contributed by atoms with E-state index in [1.54, 1.807) is 16.8 Å². The summed E-state index contributed by atoms with van der Waals surface area (Å²) in [5.74, 6) is -0.367. The quantitative estimate of drug-likeness (QED) is 0.724. The number of hydrogen-bond acceptors (Lipinski definition) is 4. The van der Waals surface area contributed by atoms with Crippen LogP contribution in [-0.2, 0) is 11.3 Å². The number of aryl methyl sites for hydroxylation is 2. The molecule has 1 aliphatic rings. The molecule has 3 aromatic rings. The van der Waals surface area contributed by atoms with Crippen molar-refractivity contribution in [1.29, 1.82) is 0 Å². The zero-order valence-corrected chi connectivity index (χ0v) is 14.7. The first kappa shape index (κ1) is 16.6. The molecule has 1 amide bonds. The summed E-state index contributed by atoms with van der Waals surface area (Å²) >= 11 is 0. The molecule has 0 bridgehead atoms. The highest BCUT2D eigenvalue weighted by molar-refractivity contribution is 5.78. The van der Waals surface area contributed by atoms with Crippen molar-refractivity contribution in [2.75, 3.05) is 6.54 Å². The molecule has 3 heterocycles. The number of fused-ring (bicyclic) bond motifs is 1. The van der Waals surface area contributed by atoms with Crippen LogP contribution >= 0.6 is 0 Å². The molecule has 26 heavy (non-hydrogen) atoms. The van der Waals surface area contributed by atoms with Gasteiger partial charge in [-0.3, -0.25) is 14.3 Å². The molecule has 2 aromatic heterocycles. The summed E-state index contributed by atoms with van der Waals surface area (Å²) in [5, 5.41) is 0. The summed E-state index contributed by atoms with van der Waals surface area (Å²) in [6.45, 7) is 3.02. The Morgan fingerprint density at radius 2 is 2.19 bits per heavy atom. The van der Waals surface area contributed by atoms with Gasteiger partial charge in [-0.05, 0) is 49.6 Å². The zero-order chi connectivity index (χ0) is 18.1. The van der Waals surface area contributed by atoms with Crippen molar-refractivity contribution in [1.82, 2.24) is 14.5 Å². The number of pyridine rings is 1. The van der Waals surface area contributed by atoms with Crippen molar-refractivity contribution in [3.05, 3.63) is 64.4 Å². The lowest BCUT2D eigenvalue weighted by Gasteiger charge is -2.24. The largest absolute Gasteiger partial charge is 0.419 e. The summed E-state index contributed by atoms with van der Waals surface area (Å²) in [5.41, 5.74) is 3.28. The van der Waals surface area contributed by atoms with Gasteiger partial charge in [0.25, 0.3) is 0 Å². The van der Waals surface area contributed by atoms with E-state index in [-0.39, 0.29) is 18.4 Å². The van der Waals surface area contributed by atoms with Gasteiger partial charge in [0, 0.05) is 25.7 Å². The SMILES string of the molecule is Cc1ccc2oc(=O)n(CCC(=O)N3CCC[C@@H]3c3ccccn3)c2c1. The van der Waals surface area contributed by atoms with Crippen molar-refractivity contribution in [3.8, 4) is 0 Å². The monoisotopic (exact) mass is 351 g/mol. The molecule has 1 aromatic carbocycles. The van der Waals surface area contributed by atoms with Crippen molar-refractivity contribution in [2.45, 2.75) is 38.8 Å². The first-order valence-corrected chi connectivity index (χ1v) is 8.94. The van der Waals surface area contributed by atoms with E-state index in [4.69, 9.17) is 4.42 Å². The molecule has 6 nitrogen and oxygen atoms in total. The molecular weight excluding hydrogens is 330 g/mol. The fraction of sp³-hybridized carbons (Fsp3) is 0.350. The lowest BCUT2D eigenvalue weighted by Crippen LogP contribution is -2.32. The van der Waals surface area contributed by atoms with Gasteiger partial charge in [0.05, 0.1) is 17.3 Å². The third kappa shape index (κ3) is 3.03. The topological polar surface area (TPSA) is 68.3 Å². The Morgan fingerprint density at radius 3 is 3.00 bits per heavy atom. The van der Waals surface area contributed by atoms with Crippen LogP contribution in [0, 0.1) is 6.92 Å². The van der Waals surface area contributed by atoms with Crippen molar-refractivity contribution in [3.63, 3.8) is 0 Å². The number of amides is 1. The van der Waals surface area contributed by atoms with Crippen molar-refractivity contribution >= 4 is 17.0 Å². The fourth-order valence-electron chi connectivity index (χ4n) is 3.68. The standard InChI is InChI=1S/C20H21N3O3/c1-14-7-8-18-17(13-14)23(20(25)26-18)12-9-19(24)22-11-4-6-16(22)15-5-2-3-10-21-15/h2-3,5,7-8,10,13,16H,4,6,9,11-12H2,1H3/t16-/m1/s1. The third-order valence-electron chi connectivity index (χ3n) is 4.97. The van der Waals surface area contributed by atoms with Gasteiger partial charge in [0.1, 0.15) is 0 Å². The number of nitrogens with zero attached hydrogens (tertiary/aromatic N) is 3. The molecule has 0 aliphatic carbocycles. The summed E-state index contributed by atoms with van der Waals surface area (Å²) in [6.07, 6.45) is 3.93. The fourth-order valence-corrected chi connectivity index (χ4v) is 3.68. The molecule has 134 valence electrons. The summed E-state index contributed by atoms with van der Waals surface area (Å²) in [6, 6.07) is 11.4. The van der Waals surface area contributed by atoms with Gasteiger partial charge in [-0.15, -0.1) is 0 Å². The Labute approximate surface area is 151 Å². The zero-order valence-electron chi connectivity index (χ0n) is 14.7. The number of rotatable bonds is 4. The number of carbonyl (C=O) groups is 1. The van der Waals surface area contributed by atoms with Gasteiger partial charge < -0.3 is 9.32 Å². The number of likely N-dealkylation sites (tertiary alicyclic amines) is 1. The van der Waals surface area contributed by atoms with Crippen LogP contribution in [0.25, 0.3) is 11.1 Å². The highest BCUT2D eigenvalue weighted by atomic mass is 16.4. The van der Waals surface area contributed by atoms with E-state index >= 15 is 0 Å². The van der Waals surface area contributed by atoms with Crippen LogP contribution in [0.5, 0.6) is 0 Å². The molecular formula is C20H21N3O3. The average molecular weight is 351 g/mol. The Balaban J connectivity index is 1.51. The maximum absolute atomic E-state index is 12.8. The summed E-state index contributed by atoms with van der Waals surface area (Å²) in [4.78, 5) is 31.2. The molecule has 0 radical (unpaired) electrons. The minimum atomic E-state index is -0.416. The second kappa shape index (κ2) is 6.78. The van der Waals surface area contributed by atoms with Crippen LogP contribution in [0.4, 0.5) is 0 Å². The van der Waals surface area contributed by atoms with Gasteiger partial charge in [0.2, 0.25) is 5.91 Å². The number of aromatic nitrogens is 2. The van der Waals surface area contributed by atoms with E-state index in [1.807, 2.05) is 42.2 Å². The molecule has 1 saturated heterocycles. The Morgan fingerprint density at radius 1 is 1.31 bits per heavy atom. The smallest absolute Gasteiger partial charge is 0.408 e. The molecule has 0 saturated carbocycles. The van der Waals surface area contributed by atoms with Crippen molar-refractivity contribution in [2.24, 2.45) is 0 Å². The highest BCUT2D eigenvalue weighted by Gasteiger charge is 2.30. The van der Waals surface area contributed by atoms with E-state index in [1.165, 1.54) is 0 Å². The Bertz CT molecular complexity index is 990. The maximum atomic E-state index is 12.8. The molecule has 0 N–H and O–H groups in total. The molecule has 1 atom stereocenters. The molecule has 0 unspecified atom stereocenters. The predicted molar refractivity (Wildman–Crippen MR) is 97.8 cm³/mol. The first-order chi connectivity index (χ1) is 12.6.